The summed E-state index contributed by atoms with van der Waals surface area (Å²) < 4.78 is 1.13. The first kappa shape index (κ1) is 16.7. The highest BCUT2D eigenvalue weighted by atomic mass is 79.9. The highest BCUT2D eigenvalue weighted by Gasteiger charge is 2.21. The van der Waals surface area contributed by atoms with Gasteiger partial charge >= 0.3 is 0 Å². The van der Waals surface area contributed by atoms with Crippen LogP contribution in [0.4, 0.5) is 0 Å². The van der Waals surface area contributed by atoms with E-state index < -0.39 is 0 Å². The van der Waals surface area contributed by atoms with E-state index in [1.54, 1.807) is 11.3 Å². The van der Waals surface area contributed by atoms with Crippen LogP contribution in [-0.4, -0.2) is 4.98 Å². The van der Waals surface area contributed by atoms with Gasteiger partial charge in [-0.25, -0.2) is 4.98 Å². The molecule has 0 saturated carbocycles. The Bertz CT molecular complexity index is 597. The summed E-state index contributed by atoms with van der Waals surface area (Å²) in [5.74, 6) is 1.53. The molecule has 0 atom stereocenters. The standard InChI is InChI=1S/C18H24BrNS/c1-10(2)13-7-14(11(3)4)16(15(8-13)12(5)6)17-18(19)21-9-20-17/h7-12H,1-6H3. The van der Waals surface area contributed by atoms with Crippen molar-refractivity contribution in [1.82, 2.24) is 4.98 Å². The van der Waals surface area contributed by atoms with Gasteiger partial charge in [0.05, 0.1) is 15.0 Å². The van der Waals surface area contributed by atoms with Crippen molar-refractivity contribution in [3.63, 3.8) is 0 Å². The molecular weight excluding hydrogens is 342 g/mol. The van der Waals surface area contributed by atoms with Gasteiger partial charge < -0.3 is 0 Å². The molecule has 0 amide bonds. The maximum Gasteiger partial charge on any atom is 0.0977 e. The van der Waals surface area contributed by atoms with Crippen LogP contribution in [0, 0.1) is 0 Å². The molecule has 2 rings (SSSR count). The van der Waals surface area contributed by atoms with E-state index in [1.165, 1.54) is 22.3 Å². The van der Waals surface area contributed by atoms with Crippen LogP contribution in [-0.2, 0) is 0 Å². The van der Waals surface area contributed by atoms with Crippen molar-refractivity contribution in [2.75, 3.05) is 0 Å². The summed E-state index contributed by atoms with van der Waals surface area (Å²) in [4.78, 5) is 4.62. The molecule has 0 bridgehead atoms. The molecule has 0 aliphatic carbocycles. The summed E-state index contributed by atoms with van der Waals surface area (Å²) in [6.45, 7) is 13.6. The molecule has 1 aromatic carbocycles. The summed E-state index contributed by atoms with van der Waals surface area (Å²) in [6.07, 6.45) is 0. The minimum atomic E-state index is 0.491. The zero-order chi connectivity index (χ0) is 15.7. The van der Waals surface area contributed by atoms with Gasteiger partial charge in [0.2, 0.25) is 0 Å². The number of aromatic nitrogens is 1. The maximum absolute atomic E-state index is 4.62. The van der Waals surface area contributed by atoms with Crippen LogP contribution in [0.5, 0.6) is 0 Å². The number of thiazole rings is 1. The van der Waals surface area contributed by atoms with Crippen LogP contribution in [0.1, 0.15) is 76.0 Å². The SMILES string of the molecule is CC(C)c1cc(C(C)C)c(-c2ncsc2Br)c(C(C)C)c1. The molecule has 0 unspecified atom stereocenters. The Morgan fingerprint density at radius 3 is 1.76 bits per heavy atom. The van der Waals surface area contributed by atoms with Crippen LogP contribution in [0.15, 0.2) is 21.4 Å². The molecule has 0 saturated heterocycles. The van der Waals surface area contributed by atoms with E-state index in [4.69, 9.17) is 0 Å². The number of hydrogen-bond acceptors (Lipinski definition) is 2. The molecule has 1 heterocycles. The normalized spacial score (nSPS) is 11.9. The Morgan fingerprint density at radius 2 is 1.43 bits per heavy atom. The molecule has 0 aliphatic rings. The predicted molar refractivity (Wildman–Crippen MR) is 97.5 cm³/mol. The fraction of sp³-hybridized carbons (Fsp3) is 0.500. The van der Waals surface area contributed by atoms with Gasteiger partial charge in [0.1, 0.15) is 0 Å². The monoisotopic (exact) mass is 365 g/mol. The molecule has 0 aliphatic heterocycles. The van der Waals surface area contributed by atoms with E-state index in [0.29, 0.717) is 17.8 Å². The van der Waals surface area contributed by atoms with Crippen molar-refractivity contribution in [1.29, 1.82) is 0 Å². The van der Waals surface area contributed by atoms with Crippen molar-refractivity contribution in [2.45, 2.75) is 59.3 Å². The summed E-state index contributed by atoms with van der Waals surface area (Å²) in [5, 5.41) is 0. The minimum Gasteiger partial charge on any atom is -0.243 e. The number of benzene rings is 1. The van der Waals surface area contributed by atoms with Crippen LogP contribution < -0.4 is 0 Å². The zero-order valence-corrected chi connectivity index (χ0v) is 16.1. The van der Waals surface area contributed by atoms with E-state index in [2.05, 4.69) is 74.6 Å². The number of nitrogens with zero attached hydrogens (tertiary/aromatic N) is 1. The van der Waals surface area contributed by atoms with Gasteiger partial charge in [0.15, 0.2) is 0 Å². The second kappa shape index (κ2) is 6.62. The maximum atomic E-state index is 4.62. The highest BCUT2D eigenvalue weighted by molar-refractivity contribution is 9.11. The van der Waals surface area contributed by atoms with Crippen molar-refractivity contribution in [3.05, 3.63) is 38.1 Å². The fourth-order valence-electron chi connectivity index (χ4n) is 2.62. The second-order valence-electron chi connectivity index (χ2n) is 6.51. The molecule has 21 heavy (non-hydrogen) atoms. The molecule has 1 nitrogen and oxygen atoms in total. The summed E-state index contributed by atoms with van der Waals surface area (Å²) >= 11 is 5.33. The Hall–Kier alpha value is -0.670. The van der Waals surface area contributed by atoms with Crippen molar-refractivity contribution in [3.8, 4) is 11.3 Å². The zero-order valence-electron chi connectivity index (χ0n) is 13.7. The first-order valence-electron chi connectivity index (χ1n) is 7.60. The third-order valence-corrected chi connectivity index (χ3v) is 5.44. The quantitative estimate of drug-likeness (QED) is 0.571. The van der Waals surface area contributed by atoms with E-state index in [9.17, 15) is 0 Å². The number of halogens is 1. The van der Waals surface area contributed by atoms with Crippen molar-refractivity contribution >= 4 is 27.3 Å². The van der Waals surface area contributed by atoms with Gasteiger partial charge in [0.25, 0.3) is 0 Å². The smallest absolute Gasteiger partial charge is 0.0977 e. The molecule has 1 aromatic heterocycles. The van der Waals surface area contributed by atoms with Gasteiger partial charge in [-0.05, 0) is 50.4 Å². The summed E-state index contributed by atoms with van der Waals surface area (Å²) in [7, 11) is 0. The average Bonchev–Trinajstić information content (AvgIpc) is 2.82. The van der Waals surface area contributed by atoms with Gasteiger partial charge in [0, 0.05) is 5.56 Å². The molecule has 0 fully saturated rings. The van der Waals surface area contributed by atoms with Crippen LogP contribution in [0.3, 0.4) is 0 Å². The topological polar surface area (TPSA) is 12.9 Å². The average molecular weight is 366 g/mol. The number of rotatable bonds is 4. The summed E-state index contributed by atoms with van der Waals surface area (Å²) in [6, 6.07) is 4.75. The van der Waals surface area contributed by atoms with E-state index in [0.717, 1.165) is 9.48 Å². The third-order valence-electron chi connectivity index (χ3n) is 3.89. The highest BCUT2D eigenvalue weighted by Crippen LogP contribution is 2.41. The van der Waals surface area contributed by atoms with Crippen LogP contribution in [0.25, 0.3) is 11.3 Å². The second-order valence-corrected chi connectivity index (χ2v) is 8.69. The van der Waals surface area contributed by atoms with Crippen molar-refractivity contribution < 1.29 is 0 Å². The fourth-order valence-corrected chi connectivity index (χ4v) is 3.69. The first-order valence-corrected chi connectivity index (χ1v) is 9.27. The summed E-state index contributed by atoms with van der Waals surface area (Å²) in [5.41, 5.74) is 8.61. The Morgan fingerprint density at radius 1 is 0.905 bits per heavy atom. The van der Waals surface area contributed by atoms with Gasteiger partial charge in [-0.3, -0.25) is 0 Å². The molecule has 0 N–H and O–H groups in total. The lowest BCUT2D eigenvalue weighted by Crippen LogP contribution is -2.04. The molecule has 2 aromatic rings. The Labute approximate surface area is 141 Å². The number of hydrogen-bond donors (Lipinski definition) is 0. The lowest BCUT2D eigenvalue weighted by atomic mass is 9.83. The lowest BCUT2D eigenvalue weighted by Gasteiger charge is -2.22. The van der Waals surface area contributed by atoms with Crippen LogP contribution in [0.2, 0.25) is 0 Å². The van der Waals surface area contributed by atoms with E-state index in [1.807, 2.05) is 5.51 Å². The molecule has 0 radical (unpaired) electrons. The largest absolute Gasteiger partial charge is 0.243 e. The van der Waals surface area contributed by atoms with Gasteiger partial charge in [-0.1, -0.05) is 53.7 Å². The molecule has 3 heteroatoms. The minimum absolute atomic E-state index is 0.491. The predicted octanol–water partition coefficient (Wildman–Crippen LogP) is 6.94. The van der Waals surface area contributed by atoms with Gasteiger partial charge in [-0.15, -0.1) is 11.3 Å². The van der Waals surface area contributed by atoms with E-state index in [-0.39, 0.29) is 0 Å². The van der Waals surface area contributed by atoms with Crippen LogP contribution >= 0.6 is 27.3 Å². The van der Waals surface area contributed by atoms with Crippen molar-refractivity contribution in [2.24, 2.45) is 0 Å². The Kier molecular flexibility index (Phi) is 5.26. The third kappa shape index (κ3) is 3.40. The molecule has 0 spiro atoms. The van der Waals surface area contributed by atoms with Gasteiger partial charge in [-0.2, -0.15) is 0 Å². The Balaban J connectivity index is 2.80. The van der Waals surface area contributed by atoms with E-state index >= 15 is 0 Å². The lowest BCUT2D eigenvalue weighted by molar-refractivity contribution is 0.806. The molecular formula is C18H24BrNS. The first-order chi connectivity index (χ1) is 9.82. The molecule has 114 valence electrons.